The second-order valence-corrected chi connectivity index (χ2v) is 4.62. The maximum Gasteiger partial charge on any atom is 0.222 e. The lowest BCUT2D eigenvalue weighted by molar-refractivity contribution is 0.375. The maximum absolute atomic E-state index is 13.6. The molecule has 1 aliphatic rings. The van der Waals surface area contributed by atoms with Crippen molar-refractivity contribution in [3.05, 3.63) is 12.0 Å². The molecule has 0 bridgehead atoms. The van der Waals surface area contributed by atoms with Gasteiger partial charge in [-0.05, 0) is 18.8 Å². The van der Waals surface area contributed by atoms with Gasteiger partial charge in [0.2, 0.25) is 5.95 Å². The number of nitrogens with zero attached hydrogens (tertiary/aromatic N) is 3. The zero-order chi connectivity index (χ0) is 12.3. The van der Waals surface area contributed by atoms with Gasteiger partial charge in [0.25, 0.3) is 0 Å². The third-order valence-corrected chi connectivity index (χ3v) is 3.36. The standard InChI is InChI=1S/C12H19FN4/c1-2-3-9-4-6-17(7-5-9)11-10(13)8-15-12(14)16-11/h8-9H,2-7H2,1H3,(H2,14,15,16). The molecule has 4 nitrogen and oxygen atoms in total. The maximum atomic E-state index is 13.6. The van der Waals surface area contributed by atoms with Crippen LogP contribution in [0.4, 0.5) is 16.2 Å². The number of anilines is 2. The molecule has 2 N–H and O–H groups in total. The molecule has 17 heavy (non-hydrogen) atoms. The Morgan fingerprint density at radius 1 is 1.47 bits per heavy atom. The highest BCUT2D eigenvalue weighted by Gasteiger charge is 2.22. The predicted octanol–water partition coefficient (Wildman–Crippen LogP) is 2.21. The van der Waals surface area contributed by atoms with Crippen LogP contribution in [0.3, 0.4) is 0 Å². The summed E-state index contributed by atoms with van der Waals surface area (Å²) in [5.41, 5.74) is 5.49. The van der Waals surface area contributed by atoms with E-state index in [0.29, 0.717) is 5.82 Å². The summed E-state index contributed by atoms with van der Waals surface area (Å²) in [6, 6.07) is 0. The summed E-state index contributed by atoms with van der Waals surface area (Å²) in [7, 11) is 0. The topological polar surface area (TPSA) is 55.0 Å². The molecule has 5 heteroatoms. The minimum atomic E-state index is -0.381. The van der Waals surface area contributed by atoms with Crippen LogP contribution in [0, 0.1) is 11.7 Å². The molecule has 94 valence electrons. The Balaban J connectivity index is 2.02. The van der Waals surface area contributed by atoms with E-state index in [4.69, 9.17) is 5.73 Å². The molecule has 0 spiro atoms. The van der Waals surface area contributed by atoms with Crippen molar-refractivity contribution >= 4 is 11.8 Å². The molecule has 1 aromatic heterocycles. The van der Waals surface area contributed by atoms with E-state index >= 15 is 0 Å². The molecule has 0 aliphatic carbocycles. The third-order valence-electron chi connectivity index (χ3n) is 3.36. The fraction of sp³-hybridized carbons (Fsp3) is 0.667. The molecule has 2 rings (SSSR count). The molecule has 0 unspecified atom stereocenters. The Labute approximate surface area is 101 Å². The molecular weight excluding hydrogens is 219 g/mol. The average molecular weight is 238 g/mol. The van der Waals surface area contributed by atoms with Crippen LogP contribution in [-0.2, 0) is 0 Å². The van der Waals surface area contributed by atoms with E-state index in [1.807, 2.05) is 4.90 Å². The van der Waals surface area contributed by atoms with E-state index < -0.39 is 0 Å². The van der Waals surface area contributed by atoms with Crippen LogP contribution in [0.25, 0.3) is 0 Å². The zero-order valence-electron chi connectivity index (χ0n) is 10.2. The first-order valence-corrected chi connectivity index (χ1v) is 6.23. The Kier molecular flexibility index (Phi) is 3.76. The number of rotatable bonds is 3. The van der Waals surface area contributed by atoms with Gasteiger partial charge >= 0.3 is 0 Å². The number of hydrogen-bond donors (Lipinski definition) is 1. The van der Waals surface area contributed by atoms with E-state index in [0.717, 1.165) is 38.0 Å². The van der Waals surface area contributed by atoms with Gasteiger partial charge in [-0.25, -0.2) is 9.37 Å². The molecule has 1 aliphatic heterocycles. The van der Waals surface area contributed by atoms with Gasteiger partial charge in [0.1, 0.15) is 0 Å². The zero-order valence-corrected chi connectivity index (χ0v) is 10.2. The monoisotopic (exact) mass is 238 g/mol. The van der Waals surface area contributed by atoms with Crippen LogP contribution in [0.1, 0.15) is 32.6 Å². The number of halogens is 1. The van der Waals surface area contributed by atoms with Crippen LogP contribution < -0.4 is 10.6 Å². The normalized spacial score (nSPS) is 17.4. The Bertz CT molecular complexity index is 375. The SMILES string of the molecule is CCCC1CCN(c2nc(N)ncc2F)CC1. The number of nitrogens with two attached hydrogens (primary N) is 1. The quantitative estimate of drug-likeness (QED) is 0.877. The Morgan fingerprint density at radius 3 is 2.82 bits per heavy atom. The highest BCUT2D eigenvalue weighted by molar-refractivity contribution is 5.42. The molecule has 1 aromatic rings. The van der Waals surface area contributed by atoms with Crippen molar-refractivity contribution < 1.29 is 4.39 Å². The average Bonchev–Trinajstić information content (AvgIpc) is 2.34. The van der Waals surface area contributed by atoms with Crippen LogP contribution in [0.5, 0.6) is 0 Å². The molecule has 2 heterocycles. The van der Waals surface area contributed by atoms with E-state index in [2.05, 4.69) is 16.9 Å². The number of piperidine rings is 1. The minimum absolute atomic E-state index is 0.136. The Morgan fingerprint density at radius 2 is 2.18 bits per heavy atom. The Hall–Kier alpha value is -1.39. The van der Waals surface area contributed by atoms with Crippen molar-refractivity contribution in [2.75, 3.05) is 23.7 Å². The summed E-state index contributed by atoms with van der Waals surface area (Å²) < 4.78 is 13.6. The van der Waals surface area contributed by atoms with E-state index in [-0.39, 0.29) is 11.8 Å². The van der Waals surface area contributed by atoms with Crippen molar-refractivity contribution in [1.29, 1.82) is 0 Å². The van der Waals surface area contributed by atoms with Gasteiger partial charge < -0.3 is 10.6 Å². The first-order chi connectivity index (χ1) is 8.20. The number of aromatic nitrogens is 2. The summed E-state index contributed by atoms with van der Waals surface area (Å²) in [6.07, 6.45) is 5.85. The van der Waals surface area contributed by atoms with Crippen LogP contribution in [-0.4, -0.2) is 23.1 Å². The number of hydrogen-bond acceptors (Lipinski definition) is 4. The molecular formula is C12H19FN4. The third kappa shape index (κ3) is 2.84. The second-order valence-electron chi connectivity index (χ2n) is 4.62. The fourth-order valence-corrected chi connectivity index (χ4v) is 2.43. The molecule has 0 aromatic carbocycles. The summed E-state index contributed by atoms with van der Waals surface area (Å²) in [4.78, 5) is 9.60. The minimum Gasteiger partial charge on any atom is -0.368 e. The van der Waals surface area contributed by atoms with Gasteiger partial charge in [-0.1, -0.05) is 19.8 Å². The molecule has 1 saturated heterocycles. The van der Waals surface area contributed by atoms with Gasteiger partial charge in [0.05, 0.1) is 6.20 Å². The van der Waals surface area contributed by atoms with Gasteiger partial charge in [-0.3, -0.25) is 0 Å². The van der Waals surface area contributed by atoms with Gasteiger partial charge in [-0.2, -0.15) is 4.98 Å². The van der Waals surface area contributed by atoms with E-state index in [1.54, 1.807) is 0 Å². The first-order valence-electron chi connectivity index (χ1n) is 6.23. The van der Waals surface area contributed by atoms with Crippen LogP contribution in [0.15, 0.2) is 6.20 Å². The van der Waals surface area contributed by atoms with Gasteiger partial charge in [0, 0.05) is 13.1 Å². The molecule has 0 saturated carbocycles. The van der Waals surface area contributed by atoms with Crippen molar-refractivity contribution in [2.45, 2.75) is 32.6 Å². The van der Waals surface area contributed by atoms with Crippen molar-refractivity contribution in [3.8, 4) is 0 Å². The molecule has 1 fully saturated rings. The smallest absolute Gasteiger partial charge is 0.222 e. The fourth-order valence-electron chi connectivity index (χ4n) is 2.43. The van der Waals surface area contributed by atoms with Gasteiger partial charge in [-0.15, -0.1) is 0 Å². The van der Waals surface area contributed by atoms with Crippen molar-refractivity contribution in [2.24, 2.45) is 5.92 Å². The highest BCUT2D eigenvalue weighted by Crippen LogP contribution is 2.26. The van der Waals surface area contributed by atoms with Crippen molar-refractivity contribution in [3.63, 3.8) is 0 Å². The summed E-state index contributed by atoms with van der Waals surface area (Å²) in [5.74, 6) is 0.885. The van der Waals surface area contributed by atoms with Crippen molar-refractivity contribution in [1.82, 2.24) is 9.97 Å². The van der Waals surface area contributed by atoms with E-state index in [9.17, 15) is 4.39 Å². The predicted molar refractivity (Wildman–Crippen MR) is 66.2 cm³/mol. The lowest BCUT2D eigenvalue weighted by atomic mass is 9.92. The molecule has 0 radical (unpaired) electrons. The lowest BCUT2D eigenvalue weighted by Gasteiger charge is -2.32. The van der Waals surface area contributed by atoms with Crippen LogP contribution in [0.2, 0.25) is 0 Å². The summed E-state index contributed by atoms with van der Waals surface area (Å²) >= 11 is 0. The highest BCUT2D eigenvalue weighted by atomic mass is 19.1. The van der Waals surface area contributed by atoms with E-state index in [1.165, 1.54) is 12.8 Å². The summed E-state index contributed by atoms with van der Waals surface area (Å²) in [6.45, 7) is 3.92. The van der Waals surface area contributed by atoms with Gasteiger partial charge in [0.15, 0.2) is 11.6 Å². The lowest BCUT2D eigenvalue weighted by Crippen LogP contribution is -2.35. The first kappa shape index (κ1) is 12.1. The number of nitrogen functional groups attached to an aromatic ring is 1. The molecule has 0 amide bonds. The largest absolute Gasteiger partial charge is 0.368 e. The van der Waals surface area contributed by atoms with Crippen LogP contribution >= 0.6 is 0 Å². The summed E-state index contributed by atoms with van der Waals surface area (Å²) in [5, 5.41) is 0. The molecule has 0 atom stereocenters. The second kappa shape index (κ2) is 5.29.